The Morgan fingerprint density at radius 3 is 2.44 bits per heavy atom. The van der Waals surface area contributed by atoms with Gasteiger partial charge in [0.15, 0.2) is 0 Å². The summed E-state index contributed by atoms with van der Waals surface area (Å²) in [6.07, 6.45) is 0. The molecule has 0 atom stereocenters. The van der Waals surface area contributed by atoms with E-state index < -0.39 is 5.91 Å². The van der Waals surface area contributed by atoms with Crippen molar-refractivity contribution < 1.29 is 9.90 Å². The quantitative estimate of drug-likeness (QED) is 0.746. The van der Waals surface area contributed by atoms with Gasteiger partial charge >= 0.3 is 0 Å². The normalized spacial score (nSPS) is 15.1. The number of primary amides is 1. The summed E-state index contributed by atoms with van der Waals surface area (Å²) in [6.45, 7) is 5.29. The van der Waals surface area contributed by atoms with E-state index in [1.165, 1.54) is 0 Å². The number of nitrogens with zero attached hydrogens (tertiary/aromatic N) is 2. The summed E-state index contributed by atoms with van der Waals surface area (Å²) in [7, 11) is 0. The van der Waals surface area contributed by atoms with Crippen LogP contribution in [0.3, 0.4) is 0 Å². The van der Waals surface area contributed by atoms with E-state index in [9.17, 15) is 9.90 Å². The van der Waals surface area contributed by atoms with Crippen molar-refractivity contribution in [1.82, 2.24) is 4.90 Å². The van der Waals surface area contributed by atoms with Crippen LogP contribution in [0.5, 0.6) is 5.75 Å². The molecule has 0 radical (unpaired) electrons. The molecule has 1 aliphatic heterocycles. The molecule has 1 saturated heterocycles. The van der Waals surface area contributed by atoms with Gasteiger partial charge in [-0.25, -0.2) is 0 Å². The van der Waals surface area contributed by atoms with Gasteiger partial charge in [-0.15, -0.1) is 0 Å². The lowest BCUT2D eigenvalue weighted by atomic mass is 10.1. The fraction of sp³-hybridized carbons (Fsp3) is 0.316. The van der Waals surface area contributed by atoms with Crippen LogP contribution in [0.15, 0.2) is 48.5 Å². The molecule has 0 aromatic heterocycles. The number of carbonyl (C=O) groups is 1. The summed E-state index contributed by atoms with van der Waals surface area (Å²) in [4.78, 5) is 16.0. The summed E-state index contributed by atoms with van der Waals surface area (Å²) < 4.78 is 0. The lowest BCUT2D eigenvalue weighted by molar-refractivity contribution is 0.100. The van der Waals surface area contributed by atoms with Crippen molar-refractivity contribution in [3.8, 4) is 5.75 Å². The van der Waals surface area contributed by atoms with Crippen LogP contribution >= 0.6 is 0 Å². The molecule has 6 nitrogen and oxygen atoms in total. The van der Waals surface area contributed by atoms with Crippen molar-refractivity contribution in [2.75, 3.05) is 49.5 Å². The summed E-state index contributed by atoms with van der Waals surface area (Å²) in [5.74, 6) is -0.0833. The number of piperazine rings is 1. The van der Waals surface area contributed by atoms with Crippen molar-refractivity contribution in [3.05, 3.63) is 54.1 Å². The SMILES string of the molecule is NC(=O)c1ccccc1NCCN1CCN(c2ccccc2O)CC1. The van der Waals surface area contributed by atoms with Crippen LogP contribution in [0.1, 0.15) is 10.4 Å². The van der Waals surface area contributed by atoms with Crippen LogP contribution < -0.4 is 16.0 Å². The molecule has 1 heterocycles. The first-order valence-corrected chi connectivity index (χ1v) is 8.53. The van der Waals surface area contributed by atoms with E-state index >= 15 is 0 Å². The number of phenolic OH excluding ortho intramolecular Hbond substituents is 1. The largest absolute Gasteiger partial charge is 0.506 e. The molecule has 2 aromatic carbocycles. The molecule has 1 aliphatic rings. The molecule has 3 rings (SSSR count). The van der Waals surface area contributed by atoms with Gasteiger partial charge in [-0.1, -0.05) is 24.3 Å². The number of nitrogens with one attached hydrogen (secondary N) is 1. The first kappa shape index (κ1) is 17.1. The predicted molar refractivity (Wildman–Crippen MR) is 100 cm³/mol. The average Bonchev–Trinajstić information content (AvgIpc) is 2.63. The summed E-state index contributed by atoms with van der Waals surface area (Å²) >= 11 is 0. The van der Waals surface area contributed by atoms with Crippen molar-refractivity contribution in [3.63, 3.8) is 0 Å². The van der Waals surface area contributed by atoms with Gasteiger partial charge in [0, 0.05) is 45.0 Å². The number of para-hydroxylation sites is 3. The van der Waals surface area contributed by atoms with Gasteiger partial charge in [0.2, 0.25) is 0 Å². The molecule has 0 aliphatic carbocycles. The Bertz CT molecular complexity index is 727. The number of rotatable bonds is 6. The van der Waals surface area contributed by atoms with Gasteiger partial charge in [0.05, 0.1) is 11.3 Å². The molecular formula is C19H24N4O2. The second-order valence-corrected chi connectivity index (χ2v) is 6.15. The summed E-state index contributed by atoms with van der Waals surface area (Å²) in [5.41, 5.74) is 7.60. The van der Waals surface area contributed by atoms with Crippen molar-refractivity contribution >= 4 is 17.3 Å². The molecule has 0 saturated carbocycles. The van der Waals surface area contributed by atoms with Gasteiger partial charge in [0.25, 0.3) is 5.91 Å². The van der Waals surface area contributed by atoms with E-state index in [2.05, 4.69) is 15.1 Å². The number of nitrogens with two attached hydrogens (primary N) is 1. The minimum Gasteiger partial charge on any atom is -0.506 e. The molecule has 25 heavy (non-hydrogen) atoms. The van der Waals surface area contributed by atoms with Crippen LogP contribution in [0, 0.1) is 0 Å². The van der Waals surface area contributed by atoms with E-state index in [1.54, 1.807) is 12.1 Å². The topological polar surface area (TPSA) is 81.8 Å². The van der Waals surface area contributed by atoms with Gasteiger partial charge in [-0.2, -0.15) is 0 Å². The number of hydrogen-bond donors (Lipinski definition) is 3. The van der Waals surface area contributed by atoms with Gasteiger partial charge < -0.3 is 21.1 Å². The lowest BCUT2D eigenvalue weighted by Gasteiger charge is -2.36. The molecule has 132 valence electrons. The number of anilines is 2. The Morgan fingerprint density at radius 1 is 1.04 bits per heavy atom. The van der Waals surface area contributed by atoms with E-state index in [0.29, 0.717) is 11.3 Å². The van der Waals surface area contributed by atoms with Crippen LogP contribution in [-0.2, 0) is 0 Å². The van der Waals surface area contributed by atoms with Gasteiger partial charge in [0.1, 0.15) is 5.75 Å². The number of carbonyl (C=O) groups excluding carboxylic acids is 1. The highest BCUT2D eigenvalue weighted by atomic mass is 16.3. The van der Waals surface area contributed by atoms with Crippen LogP contribution in [0.25, 0.3) is 0 Å². The maximum Gasteiger partial charge on any atom is 0.250 e. The Kier molecular flexibility index (Phi) is 5.40. The molecule has 4 N–H and O–H groups in total. The van der Waals surface area contributed by atoms with Crippen molar-refractivity contribution in [2.24, 2.45) is 5.73 Å². The second kappa shape index (κ2) is 7.90. The molecule has 1 fully saturated rings. The summed E-state index contributed by atoms with van der Waals surface area (Å²) in [5, 5.41) is 13.3. The highest BCUT2D eigenvalue weighted by Crippen LogP contribution is 2.27. The third-order valence-electron chi connectivity index (χ3n) is 4.53. The maximum atomic E-state index is 11.4. The Balaban J connectivity index is 1.47. The molecule has 1 amide bonds. The monoisotopic (exact) mass is 340 g/mol. The lowest BCUT2D eigenvalue weighted by Crippen LogP contribution is -2.47. The van der Waals surface area contributed by atoms with E-state index in [4.69, 9.17) is 5.73 Å². The first-order chi connectivity index (χ1) is 12.1. The molecule has 0 spiro atoms. The van der Waals surface area contributed by atoms with Crippen molar-refractivity contribution in [1.29, 1.82) is 0 Å². The number of aromatic hydroxyl groups is 1. The Morgan fingerprint density at radius 2 is 1.72 bits per heavy atom. The van der Waals surface area contributed by atoms with Crippen LogP contribution in [0.4, 0.5) is 11.4 Å². The van der Waals surface area contributed by atoms with Gasteiger partial charge in [-0.05, 0) is 24.3 Å². The maximum absolute atomic E-state index is 11.4. The Hall–Kier alpha value is -2.73. The van der Waals surface area contributed by atoms with Crippen molar-refractivity contribution in [2.45, 2.75) is 0 Å². The van der Waals surface area contributed by atoms with E-state index in [-0.39, 0.29) is 0 Å². The smallest absolute Gasteiger partial charge is 0.250 e. The van der Waals surface area contributed by atoms with E-state index in [1.807, 2.05) is 36.4 Å². The second-order valence-electron chi connectivity index (χ2n) is 6.15. The third-order valence-corrected chi connectivity index (χ3v) is 4.53. The third kappa shape index (κ3) is 4.22. The minimum atomic E-state index is -0.417. The summed E-state index contributed by atoms with van der Waals surface area (Å²) in [6, 6.07) is 14.8. The highest BCUT2D eigenvalue weighted by Gasteiger charge is 2.18. The zero-order valence-corrected chi connectivity index (χ0v) is 14.2. The standard InChI is InChI=1S/C19H24N4O2/c20-19(25)15-5-1-2-6-16(15)21-9-10-22-11-13-23(14-12-22)17-7-3-4-8-18(17)24/h1-8,21,24H,9-14H2,(H2,20,25). The van der Waals surface area contributed by atoms with Crippen LogP contribution in [-0.4, -0.2) is 55.2 Å². The van der Waals surface area contributed by atoms with E-state index in [0.717, 1.165) is 50.6 Å². The highest BCUT2D eigenvalue weighted by molar-refractivity contribution is 5.98. The molecule has 0 bridgehead atoms. The van der Waals surface area contributed by atoms with Gasteiger partial charge in [-0.3, -0.25) is 9.69 Å². The minimum absolute atomic E-state index is 0.334. The molecule has 6 heteroatoms. The number of amides is 1. The zero-order valence-electron chi connectivity index (χ0n) is 14.2. The Labute approximate surface area is 147 Å². The molecule has 2 aromatic rings. The van der Waals surface area contributed by atoms with Crippen LogP contribution in [0.2, 0.25) is 0 Å². The molecule has 0 unspecified atom stereocenters. The average molecular weight is 340 g/mol. The number of benzene rings is 2. The molecular weight excluding hydrogens is 316 g/mol. The number of phenols is 1. The first-order valence-electron chi connectivity index (χ1n) is 8.53. The number of hydrogen-bond acceptors (Lipinski definition) is 5. The zero-order chi connectivity index (χ0) is 17.6. The fourth-order valence-corrected chi connectivity index (χ4v) is 3.14. The fourth-order valence-electron chi connectivity index (χ4n) is 3.14. The predicted octanol–water partition coefficient (Wildman–Crippen LogP) is 1.73.